The number of carbonyl (C=O) groups is 1. The number of halogens is 1. The highest BCUT2D eigenvalue weighted by Crippen LogP contribution is 2.20. The molecule has 0 spiro atoms. The second-order valence-corrected chi connectivity index (χ2v) is 5.82. The van der Waals surface area contributed by atoms with Crippen molar-refractivity contribution < 1.29 is 4.79 Å². The highest BCUT2D eigenvalue weighted by atomic mass is 35.5. The molecule has 3 rings (SSSR count). The lowest BCUT2D eigenvalue weighted by Crippen LogP contribution is -2.16. The molecule has 3 aromatic rings. The zero-order valence-electron chi connectivity index (χ0n) is 13.5. The van der Waals surface area contributed by atoms with Gasteiger partial charge < -0.3 is 10.6 Å². The largest absolute Gasteiger partial charge is 0.350 e. The predicted octanol–water partition coefficient (Wildman–Crippen LogP) is 3.70. The number of aryl methyl sites for hydroxylation is 1. The molecule has 0 unspecified atom stereocenters. The molecule has 1 amide bonds. The molecule has 2 N–H and O–H groups in total. The summed E-state index contributed by atoms with van der Waals surface area (Å²) >= 11 is 5.93. The Bertz CT molecular complexity index is 886. The molecule has 6 nitrogen and oxygen atoms in total. The van der Waals surface area contributed by atoms with E-state index in [1.165, 1.54) is 0 Å². The number of rotatable bonds is 5. The molecule has 0 radical (unpaired) electrons. The van der Waals surface area contributed by atoms with E-state index in [4.69, 9.17) is 11.6 Å². The van der Waals surface area contributed by atoms with Gasteiger partial charge in [0, 0.05) is 35.8 Å². The first-order chi connectivity index (χ1) is 12.1. The Kier molecular flexibility index (Phi) is 5.20. The van der Waals surface area contributed by atoms with E-state index >= 15 is 0 Å². The lowest BCUT2D eigenvalue weighted by molar-refractivity contribution is 0.102. The molecule has 2 heterocycles. The molecule has 0 aliphatic rings. The van der Waals surface area contributed by atoms with Crippen molar-refractivity contribution >= 4 is 29.1 Å². The highest BCUT2D eigenvalue weighted by molar-refractivity contribution is 6.30. The van der Waals surface area contributed by atoms with Crippen molar-refractivity contribution in [2.45, 2.75) is 13.5 Å². The molecule has 7 heteroatoms. The number of anilines is 2. The van der Waals surface area contributed by atoms with Crippen molar-refractivity contribution in [1.82, 2.24) is 15.0 Å². The Labute approximate surface area is 150 Å². The number of benzene rings is 1. The molecule has 2 aromatic heterocycles. The van der Waals surface area contributed by atoms with Crippen LogP contribution in [0, 0.1) is 6.92 Å². The molecular weight excluding hydrogens is 338 g/mol. The van der Waals surface area contributed by atoms with Crippen molar-refractivity contribution in [3.05, 3.63) is 76.8 Å². The smallest absolute Gasteiger partial charge is 0.274 e. The van der Waals surface area contributed by atoms with E-state index in [0.717, 1.165) is 11.1 Å². The third kappa shape index (κ3) is 4.51. The summed E-state index contributed by atoms with van der Waals surface area (Å²) in [4.78, 5) is 24.8. The highest BCUT2D eigenvalue weighted by Gasteiger charge is 2.10. The van der Waals surface area contributed by atoms with Crippen molar-refractivity contribution in [2.24, 2.45) is 0 Å². The Morgan fingerprint density at radius 2 is 1.92 bits per heavy atom. The SMILES string of the molecule is Cc1cc(Cl)ccc1NC(=O)c1ccnc(NCc2ccncc2)n1. The third-order valence-corrected chi connectivity index (χ3v) is 3.76. The zero-order chi connectivity index (χ0) is 17.6. The molecule has 1 aromatic carbocycles. The van der Waals surface area contributed by atoms with Crippen molar-refractivity contribution in [1.29, 1.82) is 0 Å². The lowest BCUT2D eigenvalue weighted by Gasteiger charge is -2.09. The van der Waals surface area contributed by atoms with Gasteiger partial charge in [0.05, 0.1) is 0 Å². The summed E-state index contributed by atoms with van der Waals surface area (Å²) in [5.74, 6) is 0.0806. The molecule has 126 valence electrons. The number of aromatic nitrogens is 3. The Morgan fingerprint density at radius 3 is 2.68 bits per heavy atom. The van der Waals surface area contributed by atoms with Gasteiger partial charge >= 0.3 is 0 Å². The number of pyridine rings is 1. The number of hydrogen-bond donors (Lipinski definition) is 2. The molecule has 0 aliphatic carbocycles. The summed E-state index contributed by atoms with van der Waals surface area (Å²) < 4.78 is 0. The molecule has 0 fully saturated rings. The normalized spacial score (nSPS) is 10.3. The van der Waals surface area contributed by atoms with Gasteiger partial charge in [-0.05, 0) is 54.4 Å². The summed E-state index contributed by atoms with van der Waals surface area (Å²) in [6.07, 6.45) is 4.98. The van der Waals surface area contributed by atoms with E-state index in [0.29, 0.717) is 23.2 Å². The van der Waals surface area contributed by atoms with E-state index in [2.05, 4.69) is 25.6 Å². The number of hydrogen-bond acceptors (Lipinski definition) is 5. The van der Waals surface area contributed by atoms with Gasteiger partial charge in [-0.25, -0.2) is 9.97 Å². The minimum atomic E-state index is -0.306. The van der Waals surface area contributed by atoms with E-state index in [-0.39, 0.29) is 11.6 Å². The first kappa shape index (κ1) is 16.9. The predicted molar refractivity (Wildman–Crippen MR) is 97.7 cm³/mol. The van der Waals surface area contributed by atoms with E-state index in [1.54, 1.807) is 42.9 Å². The van der Waals surface area contributed by atoms with Gasteiger partial charge in [-0.3, -0.25) is 9.78 Å². The van der Waals surface area contributed by atoms with Crippen molar-refractivity contribution in [3.8, 4) is 0 Å². The van der Waals surface area contributed by atoms with Crippen LogP contribution in [-0.4, -0.2) is 20.9 Å². The topological polar surface area (TPSA) is 79.8 Å². The minimum Gasteiger partial charge on any atom is -0.350 e. The third-order valence-electron chi connectivity index (χ3n) is 3.52. The quantitative estimate of drug-likeness (QED) is 0.731. The van der Waals surface area contributed by atoms with Crippen LogP contribution < -0.4 is 10.6 Å². The van der Waals surface area contributed by atoms with Crippen LogP contribution in [-0.2, 0) is 6.54 Å². The van der Waals surface area contributed by atoms with Crippen LogP contribution in [0.5, 0.6) is 0 Å². The van der Waals surface area contributed by atoms with Crippen LogP contribution in [0.1, 0.15) is 21.6 Å². The second-order valence-electron chi connectivity index (χ2n) is 5.39. The van der Waals surface area contributed by atoms with Gasteiger partial charge in [0.2, 0.25) is 5.95 Å². The van der Waals surface area contributed by atoms with Gasteiger partial charge in [-0.2, -0.15) is 0 Å². The van der Waals surface area contributed by atoms with Gasteiger partial charge in [-0.1, -0.05) is 11.6 Å². The maximum Gasteiger partial charge on any atom is 0.274 e. The number of amides is 1. The Morgan fingerprint density at radius 1 is 1.12 bits per heavy atom. The van der Waals surface area contributed by atoms with Gasteiger partial charge in [0.1, 0.15) is 5.69 Å². The first-order valence-electron chi connectivity index (χ1n) is 7.65. The fourth-order valence-electron chi connectivity index (χ4n) is 2.21. The zero-order valence-corrected chi connectivity index (χ0v) is 14.3. The van der Waals surface area contributed by atoms with E-state index in [1.807, 2.05) is 19.1 Å². The van der Waals surface area contributed by atoms with Crippen molar-refractivity contribution in [3.63, 3.8) is 0 Å². The summed E-state index contributed by atoms with van der Waals surface area (Å²) in [7, 11) is 0. The maximum atomic E-state index is 12.4. The fraction of sp³-hybridized carbons (Fsp3) is 0.111. The second kappa shape index (κ2) is 7.72. The lowest BCUT2D eigenvalue weighted by atomic mass is 10.2. The van der Waals surface area contributed by atoms with Crippen LogP contribution in [0.4, 0.5) is 11.6 Å². The molecular formula is C18H16ClN5O. The first-order valence-corrected chi connectivity index (χ1v) is 8.03. The average molecular weight is 354 g/mol. The van der Waals surface area contributed by atoms with Crippen LogP contribution >= 0.6 is 11.6 Å². The standard InChI is InChI=1S/C18H16ClN5O/c1-12-10-14(19)2-3-15(12)23-17(25)16-6-9-21-18(24-16)22-11-13-4-7-20-8-5-13/h2-10H,11H2,1H3,(H,23,25)(H,21,22,24). The van der Waals surface area contributed by atoms with E-state index < -0.39 is 0 Å². The monoisotopic (exact) mass is 353 g/mol. The molecule has 0 atom stereocenters. The van der Waals surface area contributed by atoms with Gasteiger partial charge in [-0.15, -0.1) is 0 Å². The molecule has 0 saturated heterocycles. The van der Waals surface area contributed by atoms with Gasteiger partial charge in [0.25, 0.3) is 5.91 Å². The summed E-state index contributed by atoms with van der Waals surface area (Å²) in [6, 6.07) is 10.6. The summed E-state index contributed by atoms with van der Waals surface area (Å²) in [6.45, 7) is 2.42. The van der Waals surface area contributed by atoms with Crippen LogP contribution in [0.15, 0.2) is 55.0 Å². The number of nitrogens with one attached hydrogen (secondary N) is 2. The number of carbonyl (C=O) groups excluding carboxylic acids is 1. The maximum absolute atomic E-state index is 12.4. The Hall–Kier alpha value is -2.99. The molecule has 0 saturated carbocycles. The van der Waals surface area contributed by atoms with Crippen LogP contribution in [0.2, 0.25) is 5.02 Å². The van der Waals surface area contributed by atoms with Crippen LogP contribution in [0.25, 0.3) is 0 Å². The average Bonchev–Trinajstić information content (AvgIpc) is 2.63. The molecule has 25 heavy (non-hydrogen) atoms. The molecule has 0 bridgehead atoms. The molecule has 0 aliphatic heterocycles. The van der Waals surface area contributed by atoms with Gasteiger partial charge in [0.15, 0.2) is 0 Å². The number of nitrogens with zero attached hydrogens (tertiary/aromatic N) is 3. The summed E-state index contributed by atoms with van der Waals surface area (Å²) in [5.41, 5.74) is 2.90. The van der Waals surface area contributed by atoms with Crippen molar-refractivity contribution in [2.75, 3.05) is 10.6 Å². The van der Waals surface area contributed by atoms with E-state index in [9.17, 15) is 4.79 Å². The minimum absolute atomic E-state index is 0.279. The fourth-order valence-corrected chi connectivity index (χ4v) is 2.43. The Balaban J connectivity index is 1.69. The van der Waals surface area contributed by atoms with Crippen LogP contribution in [0.3, 0.4) is 0 Å². The summed E-state index contributed by atoms with van der Waals surface area (Å²) in [5, 5.41) is 6.55.